The third kappa shape index (κ3) is 2.68. The molecular formula is C17H21NO2. The van der Waals surface area contributed by atoms with Crippen LogP contribution in [-0.4, -0.2) is 16.6 Å². The lowest BCUT2D eigenvalue weighted by molar-refractivity contribution is -0.139. The second-order valence-electron chi connectivity index (χ2n) is 5.70. The number of aliphatic carboxylic acids is 1. The Hall–Kier alpha value is -1.87. The summed E-state index contributed by atoms with van der Waals surface area (Å²) >= 11 is 0. The molecule has 0 radical (unpaired) electrons. The minimum Gasteiger partial charge on any atom is -0.481 e. The lowest BCUT2D eigenvalue weighted by Crippen LogP contribution is -2.44. The predicted molar refractivity (Wildman–Crippen MR) is 80.4 cm³/mol. The van der Waals surface area contributed by atoms with Crippen LogP contribution < -0.4 is 5.73 Å². The molecule has 0 saturated carbocycles. The van der Waals surface area contributed by atoms with Crippen LogP contribution in [0.4, 0.5) is 0 Å². The number of hydrogen-bond donors (Lipinski definition) is 2. The van der Waals surface area contributed by atoms with Gasteiger partial charge in [0, 0.05) is 0 Å². The Balaban J connectivity index is 2.34. The standard InChI is InChI=1S/C17H21NO2/c1-11-6-4-5-7-14(11)10-17(18)9-12(2)15(16(19)20)8-13(17)3/h4-9,15H,10,18H2,1-3H3,(H,19,20). The maximum absolute atomic E-state index is 11.2. The van der Waals surface area contributed by atoms with E-state index in [1.54, 1.807) is 6.08 Å². The zero-order valence-electron chi connectivity index (χ0n) is 12.2. The summed E-state index contributed by atoms with van der Waals surface area (Å²) in [4.78, 5) is 11.2. The molecule has 0 heterocycles. The number of carbonyl (C=O) groups is 1. The van der Waals surface area contributed by atoms with Crippen molar-refractivity contribution in [1.82, 2.24) is 0 Å². The van der Waals surface area contributed by atoms with Crippen LogP contribution in [0.3, 0.4) is 0 Å². The summed E-state index contributed by atoms with van der Waals surface area (Å²) in [5.41, 5.74) is 10.0. The van der Waals surface area contributed by atoms with Crippen molar-refractivity contribution in [3.8, 4) is 0 Å². The van der Waals surface area contributed by atoms with Crippen LogP contribution >= 0.6 is 0 Å². The highest BCUT2D eigenvalue weighted by Gasteiger charge is 2.33. The summed E-state index contributed by atoms with van der Waals surface area (Å²) in [7, 11) is 0. The third-order valence-corrected chi connectivity index (χ3v) is 4.14. The van der Waals surface area contributed by atoms with Gasteiger partial charge in [0.15, 0.2) is 0 Å². The molecule has 0 bridgehead atoms. The van der Waals surface area contributed by atoms with Crippen LogP contribution in [0.1, 0.15) is 25.0 Å². The van der Waals surface area contributed by atoms with Gasteiger partial charge in [-0.25, -0.2) is 0 Å². The molecule has 2 atom stereocenters. The fraction of sp³-hybridized carbons (Fsp3) is 0.353. The molecule has 0 spiro atoms. The Labute approximate surface area is 119 Å². The van der Waals surface area contributed by atoms with Crippen LogP contribution in [0.25, 0.3) is 0 Å². The van der Waals surface area contributed by atoms with E-state index in [9.17, 15) is 9.90 Å². The van der Waals surface area contributed by atoms with Crippen molar-refractivity contribution in [1.29, 1.82) is 0 Å². The Morgan fingerprint density at radius 2 is 1.95 bits per heavy atom. The fourth-order valence-electron chi connectivity index (χ4n) is 2.73. The van der Waals surface area contributed by atoms with Crippen molar-refractivity contribution >= 4 is 5.97 Å². The van der Waals surface area contributed by atoms with Gasteiger partial charge in [0.1, 0.15) is 0 Å². The third-order valence-electron chi connectivity index (χ3n) is 4.14. The second kappa shape index (κ2) is 5.25. The number of aryl methyl sites for hydroxylation is 1. The topological polar surface area (TPSA) is 63.3 Å². The van der Waals surface area contributed by atoms with Gasteiger partial charge >= 0.3 is 5.97 Å². The molecule has 0 fully saturated rings. The van der Waals surface area contributed by atoms with Gasteiger partial charge < -0.3 is 10.8 Å². The zero-order valence-corrected chi connectivity index (χ0v) is 12.2. The summed E-state index contributed by atoms with van der Waals surface area (Å²) < 4.78 is 0. The van der Waals surface area contributed by atoms with Gasteiger partial charge in [0.2, 0.25) is 0 Å². The number of rotatable bonds is 3. The molecule has 106 valence electrons. The summed E-state index contributed by atoms with van der Waals surface area (Å²) in [6.45, 7) is 5.82. The van der Waals surface area contributed by atoms with Crippen molar-refractivity contribution in [2.45, 2.75) is 32.7 Å². The van der Waals surface area contributed by atoms with Crippen molar-refractivity contribution in [3.63, 3.8) is 0 Å². The van der Waals surface area contributed by atoms with E-state index in [4.69, 9.17) is 5.73 Å². The van der Waals surface area contributed by atoms with Gasteiger partial charge in [0.25, 0.3) is 0 Å². The Bertz CT molecular complexity index is 601. The van der Waals surface area contributed by atoms with E-state index >= 15 is 0 Å². The van der Waals surface area contributed by atoms with Gasteiger partial charge in [-0.1, -0.05) is 47.6 Å². The molecule has 1 aliphatic carbocycles. The first kappa shape index (κ1) is 14.5. The molecule has 0 amide bonds. The highest BCUT2D eigenvalue weighted by Crippen LogP contribution is 2.32. The van der Waals surface area contributed by atoms with Crippen LogP contribution in [-0.2, 0) is 11.2 Å². The average molecular weight is 271 g/mol. The van der Waals surface area contributed by atoms with E-state index < -0.39 is 17.4 Å². The monoisotopic (exact) mass is 271 g/mol. The maximum Gasteiger partial charge on any atom is 0.314 e. The molecule has 2 unspecified atom stereocenters. The van der Waals surface area contributed by atoms with E-state index in [1.165, 1.54) is 11.1 Å². The lowest BCUT2D eigenvalue weighted by atomic mass is 9.76. The Morgan fingerprint density at radius 1 is 1.30 bits per heavy atom. The van der Waals surface area contributed by atoms with Crippen LogP contribution in [0, 0.1) is 12.8 Å². The van der Waals surface area contributed by atoms with E-state index in [1.807, 2.05) is 32.1 Å². The minimum atomic E-state index is -0.823. The second-order valence-corrected chi connectivity index (χ2v) is 5.70. The first-order valence-corrected chi connectivity index (χ1v) is 6.78. The quantitative estimate of drug-likeness (QED) is 0.831. The molecule has 0 aromatic heterocycles. The van der Waals surface area contributed by atoms with Gasteiger partial charge in [-0.15, -0.1) is 0 Å². The molecular weight excluding hydrogens is 250 g/mol. The van der Waals surface area contributed by atoms with E-state index in [-0.39, 0.29) is 0 Å². The molecule has 1 aliphatic rings. The van der Waals surface area contributed by atoms with Crippen molar-refractivity contribution in [2.75, 3.05) is 0 Å². The Morgan fingerprint density at radius 3 is 2.55 bits per heavy atom. The maximum atomic E-state index is 11.2. The molecule has 3 heteroatoms. The van der Waals surface area contributed by atoms with Gasteiger partial charge in [-0.3, -0.25) is 4.79 Å². The molecule has 0 saturated heterocycles. The van der Waals surface area contributed by atoms with Crippen LogP contribution in [0.2, 0.25) is 0 Å². The van der Waals surface area contributed by atoms with Crippen molar-refractivity contribution in [3.05, 3.63) is 58.7 Å². The van der Waals surface area contributed by atoms with Crippen molar-refractivity contribution < 1.29 is 9.90 Å². The Kier molecular flexibility index (Phi) is 3.82. The number of hydrogen-bond acceptors (Lipinski definition) is 2. The summed E-state index contributed by atoms with van der Waals surface area (Å²) in [6, 6.07) is 8.15. The highest BCUT2D eigenvalue weighted by atomic mass is 16.4. The first-order valence-electron chi connectivity index (χ1n) is 6.78. The molecule has 1 aromatic rings. The van der Waals surface area contributed by atoms with Gasteiger partial charge in [-0.2, -0.15) is 0 Å². The molecule has 3 N–H and O–H groups in total. The predicted octanol–water partition coefficient (Wildman–Crippen LogP) is 2.84. The SMILES string of the molecule is CC1=CC(N)(Cc2ccccc2C)C(C)=CC1C(=O)O. The first-order chi connectivity index (χ1) is 9.33. The average Bonchev–Trinajstić information content (AvgIpc) is 2.36. The lowest BCUT2D eigenvalue weighted by Gasteiger charge is -2.34. The summed E-state index contributed by atoms with van der Waals surface area (Å²) in [5, 5.41) is 9.20. The fourth-order valence-corrected chi connectivity index (χ4v) is 2.73. The number of carboxylic acid groups (broad SMARTS) is 1. The van der Waals surface area contributed by atoms with Gasteiger partial charge in [-0.05, 0) is 38.3 Å². The smallest absolute Gasteiger partial charge is 0.314 e. The molecule has 0 aliphatic heterocycles. The normalized spacial score (nSPS) is 25.9. The molecule has 1 aromatic carbocycles. The van der Waals surface area contributed by atoms with E-state index in [2.05, 4.69) is 19.1 Å². The number of nitrogens with two attached hydrogens (primary N) is 1. The molecule has 2 rings (SSSR count). The largest absolute Gasteiger partial charge is 0.481 e. The summed E-state index contributed by atoms with van der Waals surface area (Å²) in [6.07, 6.45) is 4.37. The van der Waals surface area contributed by atoms with Crippen molar-refractivity contribution in [2.24, 2.45) is 11.7 Å². The zero-order chi connectivity index (χ0) is 14.9. The van der Waals surface area contributed by atoms with E-state index in [0.717, 1.165) is 11.1 Å². The van der Waals surface area contributed by atoms with Crippen LogP contribution in [0.5, 0.6) is 0 Å². The summed E-state index contributed by atoms with van der Waals surface area (Å²) in [5.74, 6) is -1.38. The number of carboxylic acids is 1. The van der Waals surface area contributed by atoms with Gasteiger partial charge in [0.05, 0.1) is 11.5 Å². The minimum absolute atomic E-state index is 0.552. The van der Waals surface area contributed by atoms with Crippen LogP contribution in [0.15, 0.2) is 47.6 Å². The highest BCUT2D eigenvalue weighted by molar-refractivity contribution is 5.77. The number of benzene rings is 1. The molecule has 3 nitrogen and oxygen atoms in total. The molecule has 20 heavy (non-hydrogen) atoms. The van der Waals surface area contributed by atoms with E-state index in [0.29, 0.717) is 6.42 Å².